The van der Waals surface area contributed by atoms with Crippen LogP contribution in [0.2, 0.25) is 0 Å². The SMILES string of the molecule is C[C@H]1[C@@H](CO)O[C@@H](n2cnc3c(NC(=O)OCc4ccccc4)nc(N)nc32)C1(C)F. The minimum absolute atomic E-state index is 0.0321. The summed E-state index contributed by atoms with van der Waals surface area (Å²) in [6.45, 7) is 2.82. The molecule has 10 nitrogen and oxygen atoms in total. The highest BCUT2D eigenvalue weighted by molar-refractivity contribution is 5.94. The Morgan fingerprint density at radius 2 is 2.13 bits per heavy atom. The van der Waals surface area contributed by atoms with Crippen LogP contribution in [0.15, 0.2) is 36.7 Å². The molecule has 0 aliphatic carbocycles. The van der Waals surface area contributed by atoms with Crippen molar-refractivity contribution in [3.8, 4) is 0 Å². The van der Waals surface area contributed by atoms with Crippen molar-refractivity contribution in [1.82, 2.24) is 19.5 Å². The Labute approximate surface area is 177 Å². The lowest BCUT2D eigenvalue weighted by Crippen LogP contribution is -2.34. The fourth-order valence-corrected chi connectivity index (χ4v) is 3.59. The minimum atomic E-state index is -1.80. The Morgan fingerprint density at radius 1 is 1.39 bits per heavy atom. The summed E-state index contributed by atoms with van der Waals surface area (Å²) in [5.74, 6) is -0.674. The van der Waals surface area contributed by atoms with Crippen LogP contribution in [0.3, 0.4) is 0 Å². The molecule has 4 rings (SSSR count). The lowest BCUT2D eigenvalue weighted by atomic mass is 9.90. The van der Waals surface area contributed by atoms with E-state index < -0.39 is 30.0 Å². The molecule has 1 aliphatic rings. The maximum absolute atomic E-state index is 15.4. The zero-order chi connectivity index (χ0) is 22.2. The number of fused-ring (bicyclic) bond motifs is 1. The average molecular weight is 430 g/mol. The summed E-state index contributed by atoms with van der Waals surface area (Å²) in [6.07, 6.45) is -1.17. The third-order valence-electron chi connectivity index (χ3n) is 5.54. The quantitative estimate of drug-likeness (QED) is 0.561. The third kappa shape index (κ3) is 3.89. The molecular weight excluding hydrogens is 407 g/mol. The fourth-order valence-electron chi connectivity index (χ4n) is 3.59. The molecule has 3 heterocycles. The first-order chi connectivity index (χ1) is 14.8. The van der Waals surface area contributed by atoms with E-state index in [1.54, 1.807) is 6.92 Å². The molecule has 3 aromatic rings. The van der Waals surface area contributed by atoms with Crippen LogP contribution in [-0.4, -0.2) is 49.1 Å². The van der Waals surface area contributed by atoms with E-state index in [4.69, 9.17) is 15.2 Å². The number of nitrogens with two attached hydrogens (primary N) is 1. The fraction of sp³-hybridized carbons (Fsp3) is 0.400. The zero-order valence-corrected chi connectivity index (χ0v) is 17.0. The molecule has 1 aromatic carbocycles. The predicted molar refractivity (Wildman–Crippen MR) is 110 cm³/mol. The van der Waals surface area contributed by atoms with Crippen LogP contribution in [0, 0.1) is 5.92 Å². The normalized spacial score (nSPS) is 25.6. The van der Waals surface area contributed by atoms with E-state index in [0.717, 1.165) is 5.56 Å². The van der Waals surface area contributed by atoms with Gasteiger partial charge in [0.15, 0.2) is 28.9 Å². The highest BCUT2D eigenvalue weighted by Gasteiger charge is 2.53. The van der Waals surface area contributed by atoms with Gasteiger partial charge in [-0.15, -0.1) is 0 Å². The Morgan fingerprint density at radius 3 is 2.81 bits per heavy atom. The standard InChI is InChI=1S/C20H23FN6O4/c1-11-13(8-28)31-17(20(11,2)21)27-10-23-14-15(24-18(22)26-16(14)27)25-19(29)30-9-12-6-4-3-5-7-12/h3-7,10-11,13,17,28H,8-9H2,1-2H3,(H3,22,24,25,26,29)/t11-,13+,17+,20?/m0/s1. The molecule has 1 saturated heterocycles. The van der Waals surface area contributed by atoms with Crippen molar-refractivity contribution in [2.24, 2.45) is 5.92 Å². The number of halogens is 1. The number of nitrogens with zero attached hydrogens (tertiary/aromatic N) is 4. The van der Waals surface area contributed by atoms with Crippen LogP contribution >= 0.6 is 0 Å². The second-order valence-corrected chi connectivity index (χ2v) is 7.59. The van der Waals surface area contributed by atoms with Gasteiger partial charge in [-0.25, -0.2) is 14.2 Å². The van der Waals surface area contributed by atoms with Crippen LogP contribution in [0.1, 0.15) is 25.6 Å². The first kappa shape index (κ1) is 20.9. The van der Waals surface area contributed by atoms with E-state index in [9.17, 15) is 9.90 Å². The van der Waals surface area contributed by atoms with E-state index in [1.165, 1.54) is 17.8 Å². The molecule has 0 bridgehead atoms. The molecule has 0 saturated carbocycles. The molecular formula is C20H23FN6O4. The Kier molecular flexibility index (Phi) is 5.46. The summed E-state index contributed by atoms with van der Waals surface area (Å²) in [7, 11) is 0. The number of amides is 1. The van der Waals surface area contributed by atoms with Gasteiger partial charge in [-0.2, -0.15) is 9.97 Å². The van der Waals surface area contributed by atoms with Gasteiger partial charge in [-0.05, 0) is 12.5 Å². The van der Waals surface area contributed by atoms with Crippen molar-refractivity contribution >= 4 is 29.0 Å². The number of alkyl halides is 1. The first-order valence-corrected chi connectivity index (χ1v) is 9.74. The van der Waals surface area contributed by atoms with E-state index in [2.05, 4.69) is 20.3 Å². The number of hydrogen-bond donors (Lipinski definition) is 3. The van der Waals surface area contributed by atoms with E-state index in [1.807, 2.05) is 30.3 Å². The lowest BCUT2D eigenvalue weighted by Gasteiger charge is -2.25. The van der Waals surface area contributed by atoms with Gasteiger partial charge in [0.25, 0.3) is 0 Å². The molecule has 0 spiro atoms. The van der Waals surface area contributed by atoms with E-state index in [0.29, 0.717) is 0 Å². The number of aliphatic hydroxyl groups excluding tert-OH is 1. The Hall–Kier alpha value is -3.31. The summed E-state index contributed by atoms with van der Waals surface area (Å²) < 4.78 is 27.7. The van der Waals surface area contributed by atoms with Gasteiger partial charge in [-0.1, -0.05) is 37.3 Å². The second kappa shape index (κ2) is 8.08. The zero-order valence-electron chi connectivity index (χ0n) is 17.0. The summed E-state index contributed by atoms with van der Waals surface area (Å²) in [4.78, 5) is 24.6. The Bertz CT molecular complexity index is 1090. The third-order valence-corrected chi connectivity index (χ3v) is 5.54. The van der Waals surface area contributed by atoms with Crippen molar-refractivity contribution in [3.05, 3.63) is 42.2 Å². The summed E-state index contributed by atoms with van der Waals surface area (Å²) >= 11 is 0. The minimum Gasteiger partial charge on any atom is -0.444 e. The van der Waals surface area contributed by atoms with Crippen LogP contribution in [0.5, 0.6) is 0 Å². The molecule has 1 fully saturated rings. The second-order valence-electron chi connectivity index (χ2n) is 7.59. The number of ether oxygens (including phenoxy) is 2. The topological polar surface area (TPSA) is 137 Å². The number of nitrogens with one attached hydrogen (secondary N) is 1. The van der Waals surface area contributed by atoms with Crippen molar-refractivity contribution < 1.29 is 23.8 Å². The van der Waals surface area contributed by atoms with Crippen molar-refractivity contribution in [2.45, 2.75) is 38.5 Å². The number of aliphatic hydroxyl groups is 1. The van der Waals surface area contributed by atoms with Gasteiger partial charge in [0.1, 0.15) is 6.61 Å². The molecule has 11 heteroatoms. The number of hydrogen-bond acceptors (Lipinski definition) is 8. The van der Waals surface area contributed by atoms with E-state index >= 15 is 4.39 Å². The van der Waals surface area contributed by atoms with Gasteiger partial charge in [0, 0.05) is 5.92 Å². The molecule has 0 radical (unpaired) electrons. The number of carbonyl (C=O) groups excluding carboxylic acids is 1. The number of anilines is 2. The maximum Gasteiger partial charge on any atom is 0.413 e. The summed E-state index contributed by atoms with van der Waals surface area (Å²) in [5.41, 5.74) is 5.21. The molecule has 31 heavy (non-hydrogen) atoms. The first-order valence-electron chi connectivity index (χ1n) is 9.74. The predicted octanol–water partition coefficient (Wildman–Crippen LogP) is 2.41. The molecule has 4 N–H and O–H groups in total. The summed E-state index contributed by atoms with van der Waals surface area (Å²) in [5, 5.41) is 12.0. The van der Waals surface area contributed by atoms with Gasteiger partial charge in [0.2, 0.25) is 5.95 Å². The van der Waals surface area contributed by atoms with Crippen LogP contribution < -0.4 is 11.1 Å². The van der Waals surface area contributed by atoms with E-state index in [-0.39, 0.29) is 36.1 Å². The molecule has 2 aromatic heterocycles. The number of imidazole rings is 1. The number of nitrogen functional groups attached to an aromatic ring is 1. The number of aromatic nitrogens is 4. The number of rotatable bonds is 5. The molecule has 1 amide bonds. The van der Waals surface area contributed by atoms with Crippen molar-refractivity contribution in [1.29, 1.82) is 0 Å². The smallest absolute Gasteiger partial charge is 0.413 e. The number of benzene rings is 1. The number of carbonyl (C=O) groups is 1. The largest absolute Gasteiger partial charge is 0.444 e. The van der Waals surface area contributed by atoms with Gasteiger partial charge >= 0.3 is 6.09 Å². The molecule has 1 unspecified atom stereocenters. The van der Waals surface area contributed by atoms with Crippen LogP contribution in [0.4, 0.5) is 21.0 Å². The van der Waals surface area contributed by atoms with Gasteiger partial charge in [-0.3, -0.25) is 9.88 Å². The highest BCUT2D eigenvalue weighted by Crippen LogP contribution is 2.46. The molecule has 1 aliphatic heterocycles. The van der Waals surface area contributed by atoms with Gasteiger partial charge in [0.05, 0.1) is 19.0 Å². The van der Waals surface area contributed by atoms with Crippen LogP contribution in [0.25, 0.3) is 11.2 Å². The average Bonchev–Trinajstić information content (AvgIpc) is 3.25. The van der Waals surface area contributed by atoms with Crippen molar-refractivity contribution in [3.63, 3.8) is 0 Å². The lowest BCUT2D eigenvalue weighted by molar-refractivity contribution is -0.0565. The van der Waals surface area contributed by atoms with Crippen LogP contribution in [-0.2, 0) is 16.1 Å². The van der Waals surface area contributed by atoms with Gasteiger partial charge < -0.3 is 20.3 Å². The highest BCUT2D eigenvalue weighted by atomic mass is 19.1. The molecule has 164 valence electrons. The Balaban J connectivity index is 1.59. The molecule has 4 atom stereocenters. The monoisotopic (exact) mass is 430 g/mol. The summed E-state index contributed by atoms with van der Waals surface area (Å²) in [6, 6.07) is 9.19. The maximum atomic E-state index is 15.4. The van der Waals surface area contributed by atoms with Crippen molar-refractivity contribution in [2.75, 3.05) is 17.7 Å².